The maximum Gasteiger partial charge on any atom is 0.101 e. The number of thiophene rings is 1. The van der Waals surface area contributed by atoms with Crippen molar-refractivity contribution >= 4 is 23.1 Å². The van der Waals surface area contributed by atoms with Crippen molar-refractivity contribution in [2.24, 2.45) is 0 Å². The molecule has 0 unspecified atom stereocenters. The molecule has 2 rings (SSSR count). The molecular weight excluding hydrogens is 222 g/mol. The van der Waals surface area contributed by atoms with Crippen molar-refractivity contribution in [2.45, 2.75) is 10.6 Å². The molecular formula is C12H9NS2. The van der Waals surface area contributed by atoms with Crippen molar-refractivity contribution in [3.63, 3.8) is 0 Å². The van der Waals surface area contributed by atoms with E-state index >= 15 is 0 Å². The van der Waals surface area contributed by atoms with Crippen molar-refractivity contribution in [2.75, 3.05) is 0 Å². The minimum Gasteiger partial charge on any atom is -0.192 e. The molecule has 0 aliphatic heterocycles. The Morgan fingerprint density at radius 2 is 2.00 bits per heavy atom. The van der Waals surface area contributed by atoms with Crippen molar-refractivity contribution < 1.29 is 0 Å². The summed E-state index contributed by atoms with van der Waals surface area (Å²) in [4.78, 5) is 1.09. The average Bonchev–Trinajstić information content (AvgIpc) is 2.75. The van der Waals surface area contributed by atoms with E-state index < -0.39 is 0 Å². The Bertz CT molecular complexity index is 468. The molecule has 1 nitrogen and oxygen atoms in total. The first-order chi connectivity index (χ1) is 7.40. The molecule has 0 aliphatic carbocycles. The van der Waals surface area contributed by atoms with Crippen LogP contribution in [0, 0.1) is 11.3 Å². The number of nitrogens with zero attached hydrogens (tertiary/aromatic N) is 1. The van der Waals surface area contributed by atoms with Crippen LogP contribution in [-0.4, -0.2) is 0 Å². The van der Waals surface area contributed by atoms with Crippen molar-refractivity contribution in [1.29, 1.82) is 5.26 Å². The molecule has 0 fully saturated rings. The second kappa shape index (κ2) is 5.01. The molecule has 0 radical (unpaired) electrons. The molecule has 3 heteroatoms. The molecule has 0 N–H and O–H groups in total. The Balaban J connectivity index is 2.03. The Kier molecular flexibility index (Phi) is 3.44. The van der Waals surface area contributed by atoms with Gasteiger partial charge in [-0.2, -0.15) is 5.26 Å². The molecule has 1 heterocycles. The van der Waals surface area contributed by atoms with Crippen LogP contribution in [0.4, 0.5) is 0 Å². The number of nitriles is 1. The molecule has 0 spiro atoms. The van der Waals surface area contributed by atoms with Gasteiger partial charge in [0.2, 0.25) is 0 Å². The van der Waals surface area contributed by atoms with E-state index in [4.69, 9.17) is 5.26 Å². The zero-order valence-corrected chi connectivity index (χ0v) is 9.65. The van der Waals surface area contributed by atoms with Gasteiger partial charge in [0, 0.05) is 21.4 Å². The van der Waals surface area contributed by atoms with Gasteiger partial charge in [0.05, 0.1) is 5.56 Å². The lowest BCUT2D eigenvalue weighted by Gasteiger charge is -1.99. The first kappa shape index (κ1) is 10.3. The van der Waals surface area contributed by atoms with E-state index in [1.807, 2.05) is 29.0 Å². The van der Waals surface area contributed by atoms with Crippen LogP contribution in [0.5, 0.6) is 0 Å². The fraction of sp³-hybridized carbons (Fsp3) is 0.0833. The summed E-state index contributed by atoms with van der Waals surface area (Å²) in [6.45, 7) is 0. The van der Waals surface area contributed by atoms with E-state index in [-0.39, 0.29) is 0 Å². The number of hydrogen-bond donors (Lipinski definition) is 0. The lowest BCUT2D eigenvalue weighted by Crippen LogP contribution is -1.79. The van der Waals surface area contributed by atoms with Gasteiger partial charge in [0.15, 0.2) is 0 Å². The first-order valence-electron chi connectivity index (χ1n) is 4.53. The zero-order valence-electron chi connectivity index (χ0n) is 8.01. The number of thioether (sulfide) groups is 1. The van der Waals surface area contributed by atoms with Crippen molar-refractivity contribution in [1.82, 2.24) is 0 Å². The summed E-state index contributed by atoms with van der Waals surface area (Å²) >= 11 is 3.30. The molecule has 74 valence electrons. The van der Waals surface area contributed by atoms with Crippen LogP contribution in [0.2, 0.25) is 0 Å². The molecule has 2 aromatic rings. The Morgan fingerprint density at radius 1 is 1.20 bits per heavy atom. The van der Waals surface area contributed by atoms with E-state index in [0.29, 0.717) is 0 Å². The zero-order chi connectivity index (χ0) is 10.5. The normalized spacial score (nSPS) is 9.80. The van der Waals surface area contributed by atoms with Gasteiger partial charge in [-0.15, -0.1) is 23.1 Å². The molecule has 1 aromatic carbocycles. The van der Waals surface area contributed by atoms with E-state index in [1.165, 1.54) is 5.56 Å². The summed E-state index contributed by atoms with van der Waals surface area (Å²) in [6.07, 6.45) is 0. The topological polar surface area (TPSA) is 23.8 Å². The molecule has 15 heavy (non-hydrogen) atoms. The van der Waals surface area contributed by atoms with Crippen LogP contribution < -0.4 is 0 Å². The largest absolute Gasteiger partial charge is 0.192 e. The summed E-state index contributed by atoms with van der Waals surface area (Å²) in [5.74, 6) is 0.923. The van der Waals surface area contributed by atoms with Crippen molar-refractivity contribution in [3.8, 4) is 6.07 Å². The second-order valence-corrected chi connectivity index (χ2v) is 4.80. The third kappa shape index (κ3) is 2.62. The molecule has 0 amide bonds. The summed E-state index contributed by atoms with van der Waals surface area (Å²) in [7, 11) is 0. The van der Waals surface area contributed by atoms with Gasteiger partial charge < -0.3 is 0 Å². The minimum absolute atomic E-state index is 0.793. The SMILES string of the molecule is N#Cc1cscc1SCc1ccccc1. The first-order valence-corrected chi connectivity index (χ1v) is 6.46. The van der Waals surface area contributed by atoms with Gasteiger partial charge in [-0.25, -0.2) is 0 Å². The highest BCUT2D eigenvalue weighted by Gasteiger charge is 2.03. The lowest BCUT2D eigenvalue weighted by atomic mass is 10.2. The summed E-state index contributed by atoms with van der Waals surface area (Å²) in [5, 5.41) is 12.8. The van der Waals surface area contributed by atoms with Crippen LogP contribution in [0.15, 0.2) is 46.0 Å². The Labute approximate surface area is 97.4 Å². The maximum absolute atomic E-state index is 8.85. The predicted molar refractivity (Wildman–Crippen MR) is 65.0 cm³/mol. The minimum atomic E-state index is 0.793. The third-order valence-electron chi connectivity index (χ3n) is 1.98. The van der Waals surface area contributed by atoms with Gasteiger partial charge in [-0.05, 0) is 5.56 Å². The third-order valence-corrected chi connectivity index (χ3v) is 4.00. The molecule has 0 aliphatic rings. The van der Waals surface area contributed by atoms with Gasteiger partial charge in [0.25, 0.3) is 0 Å². The van der Waals surface area contributed by atoms with Gasteiger partial charge >= 0.3 is 0 Å². The van der Waals surface area contributed by atoms with Crippen LogP contribution >= 0.6 is 23.1 Å². The molecule has 0 saturated carbocycles. The van der Waals surface area contributed by atoms with Crippen LogP contribution in [0.25, 0.3) is 0 Å². The maximum atomic E-state index is 8.85. The number of benzene rings is 1. The number of hydrogen-bond acceptors (Lipinski definition) is 3. The summed E-state index contributed by atoms with van der Waals surface area (Å²) < 4.78 is 0. The smallest absolute Gasteiger partial charge is 0.101 e. The van der Waals surface area contributed by atoms with E-state index in [0.717, 1.165) is 16.2 Å². The monoisotopic (exact) mass is 231 g/mol. The highest BCUT2D eigenvalue weighted by molar-refractivity contribution is 7.98. The fourth-order valence-electron chi connectivity index (χ4n) is 1.21. The lowest BCUT2D eigenvalue weighted by molar-refractivity contribution is 1.38. The quantitative estimate of drug-likeness (QED) is 0.748. The highest BCUT2D eigenvalue weighted by Crippen LogP contribution is 2.28. The Morgan fingerprint density at radius 3 is 2.73 bits per heavy atom. The predicted octanol–water partition coefficient (Wildman–Crippen LogP) is 3.91. The average molecular weight is 231 g/mol. The van der Waals surface area contributed by atoms with Gasteiger partial charge in [-0.1, -0.05) is 30.3 Å². The van der Waals surface area contributed by atoms with Crippen LogP contribution in [-0.2, 0) is 5.75 Å². The summed E-state index contributed by atoms with van der Waals surface area (Å²) in [6, 6.07) is 12.5. The van der Waals surface area contributed by atoms with Gasteiger partial charge in [-0.3, -0.25) is 0 Å². The Hall–Kier alpha value is -1.24. The van der Waals surface area contributed by atoms with E-state index in [1.54, 1.807) is 23.1 Å². The highest BCUT2D eigenvalue weighted by atomic mass is 32.2. The van der Waals surface area contributed by atoms with E-state index in [2.05, 4.69) is 18.2 Å². The molecule has 1 aromatic heterocycles. The standard InChI is InChI=1S/C12H9NS2/c13-6-11-8-14-9-12(11)15-7-10-4-2-1-3-5-10/h1-5,8-9H,7H2. The fourth-order valence-corrected chi connectivity index (χ4v) is 3.14. The molecule has 0 bridgehead atoms. The van der Waals surface area contributed by atoms with E-state index in [9.17, 15) is 0 Å². The second-order valence-electron chi connectivity index (χ2n) is 3.04. The molecule has 0 saturated heterocycles. The van der Waals surface area contributed by atoms with Gasteiger partial charge in [0.1, 0.15) is 6.07 Å². The molecule has 0 atom stereocenters. The van der Waals surface area contributed by atoms with Crippen molar-refractivity contribution in [3.05, 3.63) is 52.2 Å². The summed E-state index contributed by atoms with van der Waals surface area (Å²) in [5.41, 5.74) is 2.08. The number of rotatable bonds is 3. The van der Waals surface area contributed by atoms with Crippen LogP contribution in [0.3, 0.4) is 0 Å². The van der Waals surface area contributed by atoms with Crippen LogP contribution in [0.1, 0.15) is 11.1 Å².